The lowest BCUT2D eigenvalue weighted by Crippen LogP contribution is -2.11. The van der Waals surface area contributed by atoms with E-state index in [9.17, 15) is 9.50 Å². The second-order valence-corrected chi connectivity index (χ2v) is 6.24. The molecule has 1 aliphatic heterocycles. The van der Waals surface area contributed by atoms with Gasteiger partial charge in [0.15, 0.2) is 0 Å². The SMILES string of the molecule is OCC(CC1CSc2ccccc21)c1ccccc1F. The molecule has 0 spiro atoms. The van der Waals surface area contributed by atoms with E-state index in [0.29, 0.717) is 11.5 Å². The van der Waals surface area contributed by atoms with Crippen LogP contribution in [0.25, 0.3) is 0 Å². The first-order valence-electron chi connectivity index (χ1n) is 6.86. The average molecular weight is 288 g/mol. The number of hydrogen-bond donors (Lipinski definition) is 1. The fourth-order valence-electron chi connectivity index (χ4n) is 2.87. The van der Waals surface area contributed by atoms with Crippen molar-refractivity contribution >= 4 is 11.8 Å². The molecule has 3 heteroatoms. The zero-order valence-electron chi connectivity index (χ0n) is 11.1. The Morgan fingerprint density at radius 3 is 2.70 bits per heavy atom. The molecule has 1 heterocycles. The highest BCUT2D eigenvalue weighted by atomic mass is 32.2. The Morgan fingerprint density at radius 2 is 1.90 bits per heavy atom. The number of fused-ring (bicyclic) bond motifs is 1. The molecule has 0 radical (unpaired) electrons. The molecular formula is C17H17FOS. The van der Waals surface area contributed by atoms with Crippen LogP contribution in [0.3, 0.4) is 0 Å². The van der Waals surface area contributed by atoms with E-state index >= 15 is 0 Å². The highest BCUT2D eigenvalue weighted by Crippen LogP contribution is 2.43. The lowest BCUT2D eigenvalue weighted by molar-refractivity contribution is 0.252. The van der Waals surface area contributed by atoms with Gasteiger partial charge in [-0.1, -0.05) is 36.4 Å². The molecule has 0 bridgehead atoms. The van der Waals surface area contributed by atoms with Crippen LogP contribution in [0.1, 0.15) is 29.4 Å². The minimum Gasteiger partial charge on any atom is -0.396 e. The Balaban J connectivity index is 1.82. The second kappa shape index (κ2) is 5.98. The Bertz CT molecular complexity index is 599. The third-order valence-corrected chi connectivity index (χ3v) is 5.19. The number of thioether (sulfide) groups is 1. The van der Waals surface area contributed by atoms with Gasteiger partial charge in [-0.15, -0.1) is 11.8 Å². The lowest BCUT2D eigenvalue weighted by Gasteiger charge is -2.20. The summed E-state index contributed by atoms with van der Waals surface area (Å²) in [6, 6.07) is 15.2. The van der Waals surface area contributed by atoms with Gasteiger partial charge in [0, 0.05) is 16.6 Å². The zero-order chi connectivity index (χ0) is 13.9. The molecule has 104 valence electrons. The van der Waals surface area contributed by atoms with Crippen LogP contribution in [-0.4, -0.2) is 17.5 Å². The molecule has 0 aromatic heterocycles. The van der Waals surface area contributed by atoms with Crippen LogP contribution in [0.5, 0.6) is 0 Å². The summed E-state index contributed by atoms with van der Waals surface area (Å²) in [5.41, 5.74) is 1.97. The summed E-state index contributed by atoms with van der Waals surface area (Å²) in [6.07, 6.45) is 0.793. The van der Waals surface area contributed by atoms with E-state index in [1.54, 1.807) is 12.1 Å². The van der Waals surface area contributed by atoms with E-state index < -0.39 is 0 Å². The van der Waals surface area contributed by atoms with Gasteiger partial charge in [0.2, 0.25) is 0 Å². The van der Waals surface area contributed by atoms with Crippen LogP contribution >= 0.6 is 11.8 Å². The predicted molar refractivity (Wildman–Crippen MR) is 80.8 cm³/mol. The molecular weight excluding hydrogens is 271 g/mol. The van der Waals surface area contributed by atoms with Crippen LogP contribution in [-0.2, 0) is 0 Å². The first-order valence-corrected chi connectivity index (χ1v) is 7.85. The van der Waals surface area contributed by atoms with E-state index in [2.05, 4.69) is 24.3 Å². The van der Waals surface area contributed by atoms with Crippen LogP contribution < -0.4 is 0 Å². The van der Waals surface area contributed by atoms with E-state index in [0.717, 1.165) is 12.2 Å². The third kappa shape index (κ3) is 2.60. The predicted octanol–water partition coefficient (Wildman–Crippen LogP) is 4.18. The van der Waals surface area contributed by atoms with Crippen LogP contribution in [0.4, 0.5) is 4.39 Å². The molecule has 1 N–H and O–H groups in total. The highest BCUT2D eigenvalue weighted by Gasteiger charge is 2.27. The molecule has 0 aliphatic carbocycles. The summed E-state index contributed by atoms with van der Waals surface area (Å²) in [4.78, 5) is 1.32. The van der Waals surface area contributed by atoms with Gasteiger partial charge in [0.25, 0.3) is 0 Å². The van der Waals surface area contributed by atoms with Crippen molar-refractivity contribution in [1.29, 1.82) is 0 Å². The van der Waals surface area contributed by atoms with Gasteiger partial charge in [-0.3, -0.25) is 0 Å². The van der Waals surface area contributed by atoms with Gasteiger partial charge in [0.05, 0.1) is 6.61 Å². The van der Waals surface area contributed by atoms with Crippen molar-refractivity contribution in [3.05, 3.63) is 65.5 Å². The van der Waals surface area contributed by atoms with E-state index in [1.165, 1.54) is 16.5 Å². The average Bonchev–Trinajstić information content (AvgIpc) is 2.89. The molecule has 0 fully saturated rings. The molecule has 3 rings (SSSR count). The molecule has 0 saturated heterocycles. The topological polar surface area (TPSA) is 20.2 Å². The summed E-state index contributed by atoms with van der Waals surface area (Å²) >= 11 is 1.85. The minimum atomic E-state index is -0.217. The summed E-state index contributed by atoms with van der Waals surface area (Å²) in [5, 5.41) is 9.64. The molecule has 1 aliphatic rings. The summed E-state index contributed by atoms with van der Waals surface area (Å²) in [6.45, 7) is -0.00966. The Hall–Kier alpha value is -1.32. The monoisotopic (exact) mass is 288 g/mol. The van der Waals surface area contributed by atoms with Crippen molar-refractivity contribution < 1.29 is 9.50 Å². The van der Waals surface area contributed by atoms with Crippen LogP contribution in [0, 0.1) is 5.82 Å². The largest absolute Gasteiger partial charge is 0.396 e. The van der Waals surface area contributed by atoms with Gasteiger partial charge >= 0.3 is 0 Å². The van der Waals surface area contributed by atoms with E-state index in [1.807, 2.05) is 17.8 Å². The van der Waals surface area contributed by atoms with Gasteiger partial charge in [0.1, 0.15) is 5.82 Å². The summed E-state index contributed by atoms with van der Waals surface area (Å²) in [5.74, 6) is 1.07. The van der Waals surface area contributed by atoms with Crippen molar-refractivity contribution in [2.24, 2.45) is 0 Å². The van der Waals surface area contributed by atoms with Gasteiger partial charge in [-0.05, 0) is 35.6 Å². The number of aliphatic hydroxyl groups is 1. The van der Waals surface area contributed by atoms with Gasteiger partial charge in [-0.25, -0.2) is 4.39 Å². The number of rotatable bonds is 4. The molecule has 1 nitrogen and oxygen atoms in total. The maximum Gasteiger partial charge on any atom is 0.126 e. The van der Waals surface area contributed by atoms with Crippen molar-refractivity contribution in [3.8, 4) is 0 Å². The second-order valence-electron chi connectivity index (χ2n) is 5.18. The first kappa shape index (κ1) is 13.7. The summed E-state index contributed by atoms with van der Waals surface area (Å²) in [7, 11) is 0. The van der Waals surface area contributed by atoms with Crippen molar-refractivity contribution in [1.82, 2.24) is 0 Å². The zero-order valence-corrected chi connectivity index (χ0v) is 11.9. The van der Waals surface area contributed by atoms with Crippen molar-refractivity contribution in [2.45, 2.75) is 23.2 Å². The Kier molecular flexibility index (Phi) is 4.08. The highest BCUT2D eigenvalue weighted by molar-refractivity contribution is 7.99. The van der Waals surface area contributed by atoms with Gasteiger partial charge < -0.3 is 5.11 Å². The fourth-order valence-corrected chi connectivity index (χ4v) is 4.15. The smallest absolute Gasteiger partial charge is 0.126 e. The first-order chi connectivity index (χ1) is 9.79. The van der Waals surface area contributed by atoms with Crippen molar-refractivity contribution in [3.63, 3.8) is 0 Å². The van der Waals surface area contributed by atoms with Crippen LogP contribution in [0.2, 0.25) is 0 Å². The van der Waals surface area contributed by atoms with E-state index in [4.69, 9.17) is 0 Å². The Morgan fingerprint density at radius 1 is 1.15 bits per heavy atom. The normalized spacial score (nSPS) is 18.8. The number of aliphatic hydroxyl groups excluding tert-OH is 1. The molecule has 0 amide bonds. The van der Waals surface area contributed by atoms with E-state index in [-0.39, 0.29) is 18.3 Å². The molecule has 2 unspecified atom stereocenters. The summed E-state index contributed by atoms with van der Waals surface area (Å²) < 4.78 is 13.9. The molecule has 0 saturated carbocycles. The molecule has 2 aromatic rings. The quantitative estimate of drug-likeness (QED) is 0.910. The van der Waals surface area contributed by atoms with Crippen LogP contribution in [0.15, 0.2) is 53.4 Å². The maximum absolute atomic E-state index is 13.9. The van der Waals surface area contributed by atoms with Gasteiger partial charge in [-0.2, -0.15) is 0 Å². The maximum atomic E-state index is 13.9. The number of hydrogen-bond acceptors (Lipinski definition) is 2. The molecule has 2 aromatic carbocycles. The standard InChI is InChI=1S/C17H17FOS/c18-16-7-3-1-5-14(16)12(10-19)9-13-11-20-17-8-4-2-6-15(13)17/h1-8,12-13,19H,9-11H2. The van der Waals surface area contributed by atoms with Crippen molar-refractivity contribution in [2.75, 3.05) is 12.4 Å². The number of halogens is 1. The third-order valence-electron chi connectivity index (χ3n) is 3.93. The number of benzene rings is 2. The lowest BCUT2D eigenvalue weighted by atomic mass is 9.86. The molecule has 20 heavy (non-hydrogen) atoms. The minimum absolute atomic E-state index is 0.00966. The molecule has 2 atom stereocenters. The Labute approximate surface area is 122 Å². The fraction of sp³-hybridized carbons (Fsp3) is 0.294.